The summed E-state index contributed by atoms with van der Waals surface area (Å²) in [5.41, 5.74) is 1.48. The van der Waals surface area contributed by atoms with Gasteiger partial charge in [0.2, 0.25) is 5.91 Å². The van der Waals surface area contributed by atoms with Crippen LogP contribution in [0.25, 0.3) is 0 Å². The zero-order chi connectivity index (χ0) is 17.2. The van der Waals surface area contributed by atoms with Crippen LogP contribution in [0.15, 0.2) is 60.7 Å². The first-order valence-electron chi connectivity index (χ1n) is 7.99. The number of hydrogen-bond acceptors (Lipinski definition) is 3. The fourth-order valence-electron chi connectivity index (χ4n) is 2.30. The number of carbonyl (C=O) groups excluding carboxylic acids is 2. The summed E-state index contributed by atoms with van der Waals surface area (Å²) in [4.78, 5) is 24.7. The maximum Gasteiger partial charge on any atom is 0.251 e. The summed E-state index contributed by atoms with van der Waals surface area (Å²) in [5.74, 6) is -0.537. The molecule has 0 aromatic heterocycles. The molecule has 5 heteroatoms. The van der Waals surface area contributed by atoms with Gasteiger partial charge in [-0.1, -0.05) is 48.5 Å². The van der Waals surface area contributed by atoms with Crippen LogP contribution < -0.4 is 10.6 Å². The summed E-state index contributed by atoms with van der Waals surface area (Å²) in [6.07, 6.45) is 0.890. The summed E-state index contributed by atoms with van der Waals surface area (Å²) in [5, 5.41) is 14.4. The van der Waals surface area contributed by atoms with Crippen LogP contribution in [0.1, 0.15) is 22.3 Å². The normalized spacial score (nSPS) is 11.5. The molecule has 0 spiro atoms. The van der Waals surface area contributed by atoms with Crippen LogP contribution in [0.4, 0.5) is 0 Å². The number of benzene rings is 2. The molecular weight excluding hydrogens is 304 g/mol. The van der Waals surface area contributed by atoms with Crippen LogP contribution in [0, 0.1) is 0 Å². The largest absolute Gasteiger partial charge is 0.396 e. The molecule has 2 amide bonds. The molecule has 0 radical (unpaired) electrons. The molecule has 0 fully saturated rings. The lowest BCUT2D eigenvalue weighted by molar-refractivity contribution is -0.122. The Kier molecular flexibility index (Phi) is 6.98. The van der Waals surface area contributed by atoms with Crippen LogP contribution in [-0.4, -0.2) is 36.1 Å². The average Bonchev–Trinajstić information content (AvgIpc) is 2.63. The quantitative estimate of drug-likeness (QED) is 0.644. The lowest BCUT2D eigenvalue weighted by Crippen LogP contribution is -2.48. The van der Waals surface area contributed by atoms with Crippen LogP contribution in [-0.2, 0) is 11.2 Å². The number of hydrogen-bond donors (Lipinski definition) is 3. The van der Waals surface area contributed by atoms with E-state index in [9.17, 15) is 9.59 Å². The Bertz CT molecular complexity index is 644. The highest BCUT2D eigenvalue weighted by Gasteiger charge is 2.21. The molecule has 1 unspecified atom stereocenters. The van der Waals surface area contributed by atoms with Crippen LogP contribution in [0.5, 0.6) is 0 Å². The Morgan fingerprint density at radius 2 is 1.58 bits per heavy atom. The fourth-order valence-corrected chi connectivity index (χ4v) is 2.30. The first kappa shape index (κ1) is 17.7. The van der Waals surface area contributed by atoms with Crippen molar-refractivity contribution in [3.05, 3.63) is 71.8 Å². The molecule has 0 bridgehead atoms. The Balaban J connectivity index is 2.06. The van der Waals surface area contributed by atoms with Gasteiger partial charge in [0.15, 0.2) is 0 Å². The van der Waals surface area contributed by atoms with Gasteiger partial charge in [0, 0.05) is 25.1 Å². The Labute approximate surface area is 141 Å². The molecular formula is C19H22N2O3. The lowest BCUT2D eigenvalue weighted by atomic mass is 10.0. The van der Waals surface area contributed by atoms with Crippen molar-refractivity contribution in [1.82, 2.24) is 10.6 Å². The van der Waals surface area contributed by atoms with Crippen molar-refractivity contribution in [2.75, 3.05) is 13.2 Å². The van der Waals surface area contributed by atoms with Gasteiger partial charge >= 0.3 is 0 Å². The third kappa shape index (κ3) is 5.52. The third-order valence-electron chi connectivity index (χ3n) is 3.57. The van der Waals surface area contributed by atoms with Crippen molar-refractivity contribution < 1.29 is 14.7 Å². The molecule has 2 aromatic carbocycles. The molecule has 1 atom stereocenters. The third-order valence-corrected chi connectivity index (χ3v) is 3.57. The van der Waals surface area contributed by atoms with Crippen molar-refractivity contribution in [2.45, 2.75) is 18.9 Å². The predicted molar refractivity (Wildman–Crippen MR) is 92.6 cm³/mol. The number of aliphatic hydroxyl groups is 1. The summed E-state index contributed by atoms with van der Waals surface area (Å²) >= 11 is 0. The van der Waals surface area contributed by atoms with E-state index in [1.807, 2.05) is 36.4 Å². The van der Waals surface area contributed by atoms with Crippen LogP contribution in [0.2, 0.25) is 0 Å². The fraction of sp³-hybridized carbons (Fsp3) is 0.263. The first-order valence-corrected chi connectivity index (χ1v) is 7.99. The van der Waals surface area contributed by atoms with Crippen LogP contribution in [0.3, 0.4) is 0 Å². The maximum absolute atomic E-state index is 12.4. The van der Waals surface area contributed by atoms with Gasteiger partial charge in [0.1, 0.15) is 6.04 Å². The van der Waals surface area contributed by atoms with E-state index in [2.05, 4.69) is 10.6 Å². The van der Waals surface area contributed by atoms with Gasteiger partial charge in [-0.15, -0.1) is 0 Å². The van der Waals surface area contributed by atoms with E-state index >= 15 is 0 Å². The zero-order valence-electron chi connectivity index (χ0n) is 13.4. The summed E-state index contributed by atoms with van der Waals surface area (Å²) < 4.78 is 0. The van der Waals surface area contributed by atoms with E-state index in [0.29, 0.717) is 24.9 Å². The first-order chi connectivity index (χ1) is 11.7. The molecule has 0 aliphatic rings. The van der Waals surface area contributed by atoms with Gasteiger partial charge in [-0.25, -0.2) is 0 Å². The lowest BCUT2D eigenvalue weighted by Gasteiger charge is -2.18. The molecule has 3 N–H and O–H groups in total. The second-order valence-electron chi connectivity index (χ2n) is 5.45. The van der Waals surface area contributed by atoms with Gasteiger partial charge in [-0.05, 0) is 24.1 Å². The van der Waals surface area contributed by atoms with Gasteiger partial charge < -0.3 is 15.7 Å². The number of amides is 2. The molecule has 24 heavy (non-hydrogen) atoms. The molecule has 2 rings (SSSR count). The van der Waals surface area contributed by atoms with E-state index in [-0.39, 0.29) is 18.4 Å². The molecule has 0 aliphatic carbocycles. The van der Waals surface area contributed by atoms with E-state index in [1.54, 1.807) is 24.3 Å². The molecule has 2 aromatic rings. The smallest absolute Gasteiger partial charge is 0.251 e. The van der Waals surface area contributed by atoms with Crippen molar-refractivity contribution in [1.29, 1.82) is 0 Å². The van der Waals surface area contributed by atoms with E-state index in [0.717, 1.165) is 5.56 Å². The Morgan fingerprint density at radius 1 is 0.958 bits per heavy atom. The minimum atomic E-state index is -0.668. The maximum atomic E-state index is 12.4. The summed E-state index contributed by atoms with van der Waals surface area (Å²) in [6, 6.07) is 17.7. The SMILES string of the molecule is O=C(NC(Cc1ccccc1)C(=O)NCCCO)c1ccccc1. The van der Waals surface area contributed by atoms with E-state index in [4.69, 9.17) is 5.11 Å². The summed E-state index contributed by atoms with van der Waals surface area (Å²) in [6.45, 7) is 0.391. The summed E-state index contributed by atoms with van der Waals surface area (Å²) in [7, 11) is 0. The van der Waals surface area contributed by atoms with Gasteiger partial charge in [-0.2, -0.15) is 0 Å². The second-order valence-corrected chi connectivity index (χ2v) is 5.45. The van der Waals surface area contributed by atoms with Gasteiger partial charge in [-0.3, -0.25) is 9.59 Å². The topological polar surface area (TPSA) is 78.4 Å². The molecule has 5 nitrogen and oxygen atoms in total. The Morgan fingerprint density at radius 3 is 2.21 bits per heavy atom. The standard InChI is InChI=1S/C19H22N2O3/c22-13-7-12-20-19(24)17(14-15-8-3-1-4-9-15)21-18(23)16-10-5-2-6-11-16/h1-6,8-11,17,22H,7,12-14H2,(H,20,24)(H,21,23). The van der Waals surface area contributed by atoms with Crippen molar-refractivity contribution >= 4 is 11.8 Å². The highest BCUT2D eigenvalue weighted by molar-refractivity contribution is 5.97. The molecule has 0 saturated carbocycles. The zero-order valence-corrected chi connectivity index (χ0v) is 13.4. The van der Waals surface area contributed by atoms with E-state index in [1.165, 1.54) is 0 Å². The average molecular weight is 326 g/mol. The molecule has 0 aliphatic heterocycles. The van der Waals surface area contributed by atoms with Crippen molar-refractivity contribution in [3.8, 4) is 0 Å². The molecule has 126 valence electrons. The van der Waals surface area contributed by atoms with Crippen molar-refractivity contribution in [2.24, 2.45) is 0 Å². The highest BCUT2D eigenvalue weighted by Crippen LogP contribution is 2.06. The van der Waals surface area contributed by atoms with Gasteiger partial charge in [0.25, 0.3) is 5.91 Å². The van der Waals surface area contributed by atoms with E-state index < -0.39 is 6.04 Å². The Hall–Kier alpha value is -2.66. The number of nitrogens with one attached hydrogen (secondary N) is 2. The monoisotopic (exact) mass is 326 g/mol. The number of carbonyl (C=O) groups is 2. The minimum Gasteiger partial charge on any atom is -0.396 e. The number of aliphatic hydroxyl groups excluding tert-OH is 1. The number of rotatable bonds is 8. The van der Waals surface area contributed by atoms with Crippen LogP contribution >= 0.6 is 0 Å². The predicted octanol–water partition coefficient (Wildman–Crippen LogP) is 1.53. The second kappa shape index (κ2) is 9.47. The van der Waals surface area contributed by atoms with Crippen molar-refractivity contribution in [3.63, 3.8) is 0 Å². The highest BCUT2D eigenvalue weighted by atomic mass is 16.3. The van der Waals surface area contributed by atoms with Gasteiger partial charge in [0.05, 0.1) is 0 Å². The minimum absolute atomic E-state index is 0.0139. The molecule has 0 heterocycles. The molecule has 0 saturated heterocycles.